The van der Waals surface area contributed by atoms with Crippen molar-refractivity contribution in [1.82, 2.24) is 5.32 Å². The van der Waals surface area contributed by atoms with E-state index in [0.717, 1.165) is 31.2 Å². The van der Waals surface area contributed by atoms with Gasteiger partial charge >= 0.3 is 0 Å². The van der Waals surface area contributed by atoms with Crippen LogP contribution in [0.4, 0.5) is 5.69 Å². The van der Waals surface area contributed by atoms with E-state index in [4.69, 9.17) is 0 Å². The maximum absolute atomic E-state index is 13.5. The van der Waals surface area contributed by atoms with Crippen LogP contribution in [0.25, 0.3) is 0 Å². The molecular formula is C24H24N2O2S. The number of rotatable bonds is 6. The van der Waals surface area contributed by atoms with Gasteiger partial charge in [0.25, 0.3) is 5.91 Å². The summed E-state index contributed by atoms with van der Waals surface area (Å²) in [5.74, 6) is -0.293. The minimum absolute atomic E-state index is 0.128. The zero-order chi connectivity index (χ0) is 20.1. The predicted octanol–water partition coefficient (Wildman–Crippen LogP) is 5.20. The van der Waals surface area contributed by atoms with E-state index in [9.17, 15) is 9.59 Å². The standard InChI is InChI=1S/C24H24N2O2S/c27-23(25-19-12-7-8-13-19)22(18-10-3-1-4-11-18)26(20-14-5-2-6-15-20)24(28)21-16-9-17-29-21/h1-6,9-11,14-17,19,22H,7-8,12-13H2,(H,25,27). The van der Waals surface area contributed by atoms with E-state index in [1.54, 1.807) is 11.0 Å². The third kappa shape index (κ3) is 4.40. The second-order valence-electron chi connectivity index (χ2n) is 7.29. The van der Waals surface area contributed by atoms with Gasteiger partial charge in [-0.2, -0.15) is 0 Å². The SMILES string of the molecule is O=C(NC1CCCC1)C(c1ccccc1)N(C(=O)c1cccs1)c1ccccc1. The van der Waals surface area contributed by atoms with Gasteiger partial charge in [0.05, 0.1) is 4.88 Å². The van der Waals surface area contributed by atoms with Crippen LogP contribution in [0.3, 0.4) is 0 Å². The molecule has 29 heavy (non-hydrogen) atoms. The lowest BCUT2D eigenvalue weighted by Gasteiger charge is -2.32. The summed E-state index contributed by atoms with van der Waals surface area (Å²) in [5.41, 5.74) is 1.51. The molecule has 2 aromatic carbocycles. The Morgan fingerprint density at radius 1 is 0.897 bits per heavy atom. The van der Waals surface area contributed by atoms with Gasteiger partial charge in [-0.1, -0.05) is 67.4 Å². The van der Waals surface area contributed by atoms with Crippen LogP contribution in [-0.4, -0.2) is 17.9 Å². The number of nitrogens with one attached hydrogen (secondary N) is 1. The maximum Gasteiger partial charge on any atom is 0.269 e. The fourth-order valence-electron chi connectivity index (χ4n) is 3.89. The highest BCUT2D eigenvalue weighted by Gasteiger charge is 2.34. The highest BCUT2D eigenvalue weighted by atomic mass is 32.1. The van der Waals surface area contributed by atoms with Crippen molar-refractivity contribution in [3.8, 4) is 0 Å². The molecule has 0 aliphatic heterocycles. The molecule has 0 spiro atoms. The van der Waals surface area contributed by atoms with Crippen LogP contribution >= 0.6 is 11.3 Å². The van der Waals surface area contributed by atoms with Gasteiger partial charge in [0, 0.05) is 11.7 Å². The second-order valence-corrected chi connectivity index (χ2v) is 8.24. The average molecular weight is 405 g/mol. The first-order valence-corrected chi connectivity index (χ1v) is 10.9. The van der Waals surface area contributed by atoms with Crippen LogP contribution in [0.1, 0.15) is 47.0 Å². The number of thiophene rings is 1. The molecular weight excluding hydrogens is 380 g/mol. The van der Waals surface area contributed by atoms with Crippen molar-refractivity contribution in [2.75, 3.05) is 4.90 Å². The number of hydrogen-bond acceptors (Lipinski definition) is 3. The van der Waals surface area contributed by atoms with E-state index in [0.29, 0.717) is 10.6 Å². The van der Waals surface area contributed by atoms with Crippen LogP contribution in [0.2, 0.25) is 0 Å². The molecule has 0 bridgehead atoms. The lowest BCUT2D eigenvalue weighted by atomic mass is 10.0. The van der Waals surface area contributed by atoms with Crippen LogP contribution in [-0.2, 0) is 4.79 Å². The Morgan fingerprint density at radius 3 is 2.17 bits per heavy atom. The summed E-state index contributed by atoms with van der Waals surface area (Å²) >= 11 is 1.39. The van der Waals surface area contributed by atoms with Crippen LogP contribution in [0.5, 0.6) is 0 Å². The van der Waals surface area contributed by atoms with Gasteiger partial charge in [-0.05, 0) is 42.0 Å². The molecule has 5 heteroatoms. The minimum Gasteiger partial charge on any atom is -0.351 e. The molecule has 1 aliphatic rings. The Balaban J connectivity index is 1.77. The lowest BCUT2D eigenvalue weighted by molar-refractivity contribution is -0.123. The first-order valence-electron chi connectivity index (χ1n) is 10.0. The molecule has 4 nitrogen and oxygen atoms in total. The highest BCUT2D eigenvalue weighted by molar-refractivity contribution is 7.12. The van der Waals surface area contributed by atoms with Gasteiger partial charge in [-0.25, -0.2) is 0 Å². The van der Waals surface area contributed by atoms with Crippen molar-refractivity contribution in [3.63, 3.8) is 0 Å². The molecule has 148 valence electrons. The smallest absolute Gasteiger partial charge is 0.269 e. The molecule has 4 rings (SSSR count). The molecule has 1 N–H and O–H groups in total. The van der Waals surface area contributed by atoms with Crippen molar-refractivity contribution >= 4 is 28.8 Å². The monoisotopic (exact) mass is 404 g/mol. The third-order valence-electron chi connectivity index (χ3n) is 5.31. The van der Waals surface area contributed by atoms with E-state index >= 15 is 0 Å². The van der Waals surface area contributed by atoms with Gasteiger partial charge in [0.2, 0.25) is 5.91 Å². The van der Waals surface area contributed by atoms with Crippen LogP contribution in [0.15, 0.2) is 78.2 Å². The second kappa shape index (κ2) is 9.05. The Bertz CT molecular complexity index is 936. The first-order chi connectivity index (χ1) is 14.2. The molecule has 0 radical (unpaired) electrons. The zero-order valence-corrected chi connectivity index (χ0v) is 17.0. The van der Waals surface area contributed by atoms with E-state index < -0.39 is 6.04 Å². The van der Waals surface area contributed by atoms with E-state index in [2.05, 4.69) is 5.32 Å². The average Bonchev–Trinajstić information content (AvgIpc) is 3.47. The van der Waals surface area contributed by atoms with Gasteiger partial charge in [0.15, 0.2) is 0 Å². The van der Waals surface area contributed by atoms with Gasteiger partial charge in [-0.3, -0.25) is 14.5 Å². The highest BCUT2D eigenvalue weighted by Crippen LogP contribution is 2.31. The van der Waals surface area contributed by atoms with E-state index in [1.165, 1.54) is 11.3 Å². The zero-order valence-electron chi connectivity index (χ0n) is 16.2. The molecule has 1 aromatic heterocycles. The maximum atomic E-state index is 13.5. The van der Waals surface area contributed by atoms with Crippen LogP contribution < -0.4 is 10.2 Å². The first kappa shape index (κ1) is 19.4. The molecule has 1 aliphatic carbocycles. The molecule has 0 saturated heterocycles. The van der Waals surface area contributed by atoms with Crippen LogP contribution in [0, 0.1) is 0 Å². The van der Waals surface area contributed by atoms with E-state index in [1.807, 2.05) is 72.1 Å². The van der Waals surface area contributed by atoms with Crippen molar-refractivity contribution in [3.05, 3.63) is 88.6 Å². The van der Waals surface area contributed by atoms with Gasteiger partial charge in [0.1, 0.15) is 6.04 Å². The molecule has 1 unspecified atom stereocenters. The number of para-hydroxylation sites is 1. The summed E-state index contributed by atoms with van der Waals surface area (Å²) in [7, 11) is 0. The number of anilines is 1. The fraction of sp³-hybridized carbons (Fsp3) is 0.250. The Kier molecular flexibility index (Phi) is 6.06. The Hall–Kier alpha value is -2.92. The summed E-state index contributed by atoms with van der Waals surface area (Å²) in [4.78, 5) is 29.3. The van der Waals surface area contributed by atoms with Gasteiger partial charge in [-0.15, -0.1) is 11.3 Å². The topological polar surface area (TPSA) is 49.4 Å². The summed E-state index contributed by atoms with van der Waals surface area (Å²) in [6, 6.07) is 22.1. The summed E-state index contributed by atoms with van der Waals surface area (Å²) in [5, 5.41) is 5.08. The number of carbonyl (C=O) groups is 2. The predicted molar refractivity (Wildman–Crippen MR) is 117 cm³/mol. The molecule has 1 heterocycles. The quantitative estimate of drug-likeness (QED) is 0.614. The Morgan fingerprint density at radius 2 is 1.55 bits per heavy atom. The molecule has 1 atom stereocenters. The largest absolute Gasteiger partial charge is 0.351 e. The van der Waals surface area contributed by atoms with Crippen molar-refractivity contribution in [2.24, 2.45) is 0 Å². The number of carbonyl (C=O) groups excluding carboxylic acids is 2. The molecule has 3 aromatic rings. The number of amides is 2. The fourth-order valence-corrected chi connectivity index (χ4v) is 4.55. The van der Waals surface area contributed by atoms with Crippen molar-refractivity contribution in [1.29, 1.82) is 0 Å². The summed E-state index contributed by atoms with van der Waals surface area (Å²) < 4.78 is 0. The lowest BCUT2D eigenvalue weighted by Crippen LogP contribution is -2.46. The molecule has 1 fully saturated rings. The molecule has 2 amide bonds. The Labute approximate surface area is 175 Å². The number of nitrogens with zero attached hydrogens (tertiary/aromatic N) is 1. The van der Waals surface area contributed by atoms with E-state index in [-0.39, 0.29) is 17.9 Å². The number of benzene rings is 2. The van der Waals surface area contributed by atoms with Gasteiger partial charge < -0.3 is 5.32 Å². The molecule has 1 saturated carbocycles. The van der Waals surface area contributed by atoms with Crippen molar-refractivity contribution in [2.45, 2.75) is 37.8 Å². The minimum atomic E-state index is -0.728. The number of hydrogen-bond donors (Lipinski definition) is 1. The van der Waals surface area contributed by atoms with Crippen molar-refractivity contribution < 1.29 is 9.59 Å². The normalized spacial score (nSPS) is 15.0. The third-order valence-corrected chi connectivity index (χ3v) is 6.17. The summed E-state index contributed by atoms with van der Waals surface area (Å²) in [6.45, 7) is 0. The summed E-state index contributed by atoms with van der Waals surface area (Å²) in [6.07, 6.45) is 4.27.